The fraction of sp³-hybridized carbons (Fsp3) is 0.577. The van der Waals surface area contributed by atoms with Gasteiger partial charge in [-0.25, -0.2) is 9.78 Å². The maximum absolute atomic E-state index is 14.3. The predicted molar refractivity (Wildman–Crippen MR) is 139 cm³/mol. The van der Waals surface area contributed by atoms with Gasteiger partial charge in [-0.15, -0.1) is 24.5 Å². The largest absolute Gasteiger partial charge is 0.573 e. The van der Waals surface area contributed by atoms with Crippen molar-refractivity contribution >= 4 is 34.5 Å². The summed E-state index contributed by atoms with van der Waals surface area (Å²) in [5.41, 5.74) is -5.66. The van der Waals surface area contributed by atoms with Crippen LogP contribution in [-0.2, 0) is 15.1 Å². The Labute approximate surface area is 240 Å². The summed E-state index contributed by atoms with van der Waals surface area (Å²) in [5, 5.41) is 1.75. The second-order valence-electron chi connectivity index (χ2n) is 11.3. The van der Waals surface area contributed by atoms with Gasteiger partial charge < -0.3 is 23.5 Å². The van der Waals surface area contributed by atoms with E-state index >= 15 is 0 Å². The molecule has 2 aliphatic rings. The lowest BCUT2D eigenvalue weighted by Crippen LogP contribution is -2.56. The molecule has 9 nitrogen and oxygen atoms in total. The van der Waals surface area contributed by atoms with E-state index in [-0.39, 0.29) is 47.3 Å². The molecule has 5 rings (SSSR count). The summed E-state index contributed by atoms with van der Waals surface area (Å²) in [5.74, 6) is -1.19. The molecule has 3 aromatic rings. The summed E-state index contributed by atoms with van der Waals surface area (Å²) < 4.78 is 104. The van der Waals surface area contributed by atoms with E-state index in [1.54, 1.807) is 36.0 Å². The van der Waals surface area contributed by atoms with Crippen LogP contribution in [0, 0.1) is 0 Å². The Balaban J connectivity index is 1.64. The fourth-order valence-electron chi connectivity index (χ4n) is 5.32. The van der Waals surface area contributed by atoms with Gasteiger partial charge in [0.25, 0.3) is 6.01 Å². The van der Waals surface area contributed by atoms with Crippen LogP contribution >= 0.6 is 11.3 Å². The number of methoxy groups -OCH3 is 1. The van der Waals surface area contributed by atoms with Gasteiger partial charge in [-0.2, -0.15) is 18.2 Å². The van der Waals surface area contributed by atoms with Gasteiger partial charge in [0.1, 0.15) is 10.6 Å². The number of ether oxygens (including phenoxy) is 3. The zero-order chi connectivity index (χ0) is 30.8. The van der Waals surface area contributed by atoms with E-state index in [1.165, 1.54) is 6.20 Å². The van der Waals surface area contributed by atoms with Gasteiger partial charge in [0.2, 0.25) is 0 Å². The van der Waals surface area contributed by atoms with Gasteiger partial charge in [-0.05, 0) is 46.6 Å². The first-order valence-electron chi connectivity index (χ1n) is 12.9. The van der Waals surface area contributed by atoms with Crippen LogP contribution in [0.3, 0.4) is 0 Å². The van der Waals surface area contributed by atoms with Crippen molar-refractivity contribution in [3.63, 3.8) is 0 Å². The van der Waals surface area contributed by atoms with Crippen molar-refractivity contribution in [3.8, 4) is 16.3 Å². The number of hydrogen-bond donors (Lipinski definition) is 0. The molecule has 3 atom stereocenters. The minimum absolute atomic E-state index is 0.00818. The highest BCUT2D eigenvalue weighted by atomic mass is 32.1. The van der Waals surface area contributed by atoms with Gasteiger partial charge in [-0.3, -0.25) is 4.90 Å². The zero-order valence-electron chi connectivity index (χ0n) is 23.2. The molecule has 0 N–H and O–H groups in total. The maximum Gasteiger partial charge on any atom is 0.573 e. The molecule has 2 fully saturated rings. The Morgan fingerprint density at radius 2 is 1.71 bits per heavy atom. The molecule has 2 saturated heterocycles. The van der Waals surface area contributed by atoms with E-state index in [9.17, 15) is 31.1 Å². The molecule has 0 saturated carbocycles. The normalized spacial score (nSPS) is 21.1. The summed E-state index contributed by atoms with van der Waals surface area (Å²) in [6, 6.07) is 0.170. The third-order valence-corrected chi connectivity index (χ3v) is 8.12. The third-order valence-electron chi connectivity index (χ3n) is 7.31. The van der Waals surface area contributed by atoms with Gasteiger partial charge in [-0.1, -0.05) is 0 Å². The molecule has 4 heterocycles. The van der Waals surface area contributed by atoms with Gasteiger partial charge >= 0.3 is 18.6 Å². The van der Waals surface area contributed by atoms with Crippen molar-refractivity contribution in [2.24, 2.45) is 0 Å². The van der Waals surface area contributed by atoms with Crippen molar-refractivity contribution in [1.29, 1.82) is 0 Å². The predicted octanol–water partition coefficient (Wildman–Crippen LogP) is 6.86. The molecule has 1 amide bonds. The minimum Gasteiger partial charge on any atom is -0.444 e. The van der Waals surface area contributed by atoms with Crippen molar-refractivity contribution in [2.45, 2.75) is 76.4 Å². The molecule has 2 aliphatic heterocycles. The Hall–Kier alpha value is -3.27. The molecule has 3 unspecified atom stereocenters. The van der Waals surface area contributed by atoms with E-state index in [1.807, 2.05) is 0 Å². The third kappa shape index (κ3) is 5.45. The number of amides is 1. The molecular weight excluding hydrogens is 594 g/mol. The quantitative estimate of drug-likeness (QED) is 0.285. The smallest absolute Gasteiger partial charge is 0.444 e. The van der Waals surface area contributed by atoms with Crippen LogP contribution in [-0.4, -0.2) is 71.4 Å². The second-order valence-corrected chi connectivity index (χ2v) is 12.2. The number of nitrogens with zero attached hydrogens (tertiary/aromatic N) is 4. The SMILES string of the molecule is COC(C)(c1cc(-c2nccs2)c2oc(N3CC4CCC(C3)N4C(=O)OC(C)(C)C)nc2c1OC(F)(F)F)C(F)(F)F. The van der Waals surface area contributed by atoms with Crippen LogP contribution < -0.4 is 9.64 Å². The first-order chi connectivity index (χ1) is 19.4. The van der Waals surface area contributed by atoms with E-state index in [0.717, 1.165) is 24.5 Å². The van der Waals surface area contributed by atoms with Gasteiger partial charge in [0.15, 0.2) is 22.5 Å². The van der Waals surface area contributed by atoms with Crippen LogP contribution in [0.15, 0.2) is 22.1 Å². The molecule has 0 aliphatic carbocycles. The highest BCUT2D eigenvalue weighted by Gasteiger charge is 2.56. The molecule has 2 bridgehead atoms. The lowest BCUT2D eigenvalue weighted by molar-refractivity contribution is -0.283. The van der Waals surface area contributed by atoms with Crippen molar-refractivity contribution in [1.82, 2.24) is 14.9 Å². The number of halogens is 6. The molecule has 16 heteroatoms. The van der Waals surface area contributed by atoms with Crippen molar-refractivity contribution in [2.75, 3.05) is 25.1 Å². The summed E-state index contributed by atoms with van der Waals surface area (Å²) in [6.45, 7) is 6.31. The van der Waals surface area contributed by atoms with Gasteiger partial charge in [0.05, 0.1) is 17.6 Å². The first kappa shape index (κ1) is 30.2. The Morgan fingerprint density at radius 1 is 1.07 bits per heavy atom. The van der Waals surface area contributed by atoms with Crippen LogP contribution in [0.5, 0.6) is 5.75 Å². The van der Waals surface area contributed by atoms with Crippen LogP contribution in [0.4, 0.5) is 37.2 Å². The highest BCUT2D eigenvalue weighted by Crippen LogP contribution is 2.51. The molecule has 1 aromatic carbocycles. The average Bonchev–Trinajstić information content (AvgIpc) is 3.59. The Bertz CT molecular complexity index is 1450. The lowest BCUT2D eigenvalue weighted by Gasteiger charge is -2.40. The lowest BCUT2D eigenvalue weighted by atomic mass is 9.91. The summed E-state index contributed by atoms with van der Waals surface area (Å²) in [7, 11) is 0.742. The number of rotatable bonds is 5. The molecule has 0 spiro atoms. The van der Waals surface area contributed by atoms with E-state index in [2.05, 4.69) is 14.7 Å². The van der Waals surface area contributed by atoms with E-state index < -0.39 is 46.7 Å². The van der Waals surface area contributed by atoms with Crippen LogP contribution in [0.1, 0.15) is 46.1 Å². The minimum atomic E-state index is -5.36. The average molecular weight is 623 g/mol. The molecule has 0 radical (unpaired) electrons. The number of oxazole rings is 1. The van der Waals surface area contributed by atoms with E-state index in [0.29, 0.717) is 19.8 Å². The van der Waals surface area contributed by atoms with E-state index in [4.69, 9.17) is 13.9 Å². The first-order valence-corrected chi connectivity index (χ1v) is 13.8. The number of fused-ring (bicyclic) bond motifs is 3. The number of aromatic nitrogens is 2. The number of hydrogen-bond acceptors (Lipinski definition) is 9. The monoisotopic (exact) mass is 622 g/mol. The van der Waals surface area contributed by atoms with Gasteiger partial charge in [0, 0.05) is 37.3 Å². The number of alkyl halides is 6. The molecule has 2 aromatic heterocycles. The fourth-order valence-corrected chi connectivity index (χ4v) is 5.97. The van der Waals surface area contributed by atoms with Crippen LogP contribution in [0.2, 0.25) is 0 Å². The molecular formula is C26H28F6N4O5S. The Kier molecular flexibility index (Phi) is 7.32. The summed E-state index contributed by atoms with van der Waals surface area (Å²) in [4.78, 5) is 24.6. The zero-order valence-corrected chi connectivity index (χ0v) is 24.0. The number of carbonyl (C=O) groups excluding carboxylic acids is 1. The number of benzene rings is 1. The number of carbonyl (C=O) groups is 1. The topological polar surface area (TPSA) is 90.2 Å². The Morgan fingerprint density at radius 3 is 2.21 bits per heavy atom. The summed E-state index contributed by atoms with van der Waals surface area (Å²) in [6.07, 6.45) is -8.28. The number of anilines is 1. The van der Waals surface area contributed by atoms with Crippen molar-refractivity contribution < 1.29 is 49.8 Å². The summed E-state index contributed by atoms with van der Waals surface area (Å²) >= 11 is 1.05. The molecule has 230 valence electrons. The number of thiazole rings is 1. The van der Waals surface area contributed by atoms with Crippen molar-refractivity contribution in [3.05, 3.63) is 23.2 Å². The number of piperazine rings is 1. The standard InChI is InChI=1S/C26H28F6N4O5S/c1-23(2,3)41-22(37)36-13-6-7-14(36)12-35(11-13)21-34-17-18(39-21)15(20-33-8-9-42-20)10-16(19(17)40-26(30,31)32)24(4,38-5)25(27,28)29/h8-10,13-14H,6-7,11-12H2,1-5H3. The highest BCUT2D eigenvalue weighted by molar-refractivity contribution is 7.13. The second kappa shape index (κ2) is 10.2. The maximum atomic E-state index is 14.3. The van der Waals surface area contributed by atoms with Crippen LogP contribution in [0.25, 0.3) is 21.7 Å². The molecule has 42 heavy (non-hydrogen) atoms.